The van der Waals surface area contributed by atoms with Crippen molar-refractivity contribution < 1.29 is 13.2 Å². The highest BCUT2D eigenvalue weighted by Crippen LogP contribution is 2.22. The number of rotatable bonds is 7. The molecular formula is C14H18N2O3S2. The summed E-state index contributed by atoms with van der Waals surface area (Å²) < 4.78 is 31.4. The van der Waals surface area contributed by atoms with Crippen molar-refractivity contribution >= 4 is 33.1 Å². The first-order chi connectivity index (χ1) is 9.95. The van der Waals surface area contributed by atoms with Gasteiger partial charge in [0, 0.05) is 12.8 Å². The molecule has 0 bridgehead atoms. The van der Waals surface area contributed by atoms with Crippen molar-refractivity contribution in [2.75, 3.05) is 19.5 Å². The van der Waals surface area contributed by atoms with Gasteiger partial charge in [-0.05, 0) is 30.8 Å². The van der Waals surface area contributed by atoms with Crippen molar-refractivity contribution in [2.24, 2.45) is 0 Å². The number of para-hydroxylation sites is 1. The van der Waals surface area contributed by atoms with Gasteiger partial charge in [-0.25, -0.2) is 8.42 Å². The maximum Gasteiger partial charge on any atom is 0.178 e. The van der Waals surface area contributed by atoms with E-state index in [1.54, 1.807) is 18.2 Å². The van der Waals surface area contributed by atoms with Crippen LogP contribution in [0.3, 0.4) is 0 Å². The van der Waals surface area contributed by atoms with Crippen LogP contribution in [0.25, 0.3) is 11.0 Å². The highest BCUT2D eigenvalue weighted by molar-refractivity contribution is 7.91. The maximum absolute atomic E-state index is 11.8. The number of imidazole rings is 1. The van der Waals surface area contributed by atoms with Crippen LogP contribution in [0.2, 0.25) is 0 Å². The van der Waals surface area contributed by atoms with Crippen molar-refractivity contribution in [2.45, 2.75) is 17.9 Å². The number of H-pyrrole nitrogens is 1. The van der Waals surface area contributed by atoms with Gasteiger partial charge < -0.3 is 14.3 Å². The van der Waals surface area contributed by atoms with Crippen molar-refractivity contribution in [3.63, 3.8) is 0 Å². The van der Waals surface area contributed by atoms with Gasteiger partial charge in [0.25, 0.3) is 0 Å². The minimum atomic E-state index is -3.30. The number of fused-ring (bicyclic) bond motifs is 1. The van der Waals surface area contributed by atoms with E-state index in [0.29, 0.717) is 30.0 Å². The summed E-state index contributed by atoms with van der Waals surface area (Å²) in [6.07, 6.45) is 3.79. The van der Waals surface area contributed by atoms with E-state index < -0.39 is 9.84 Å². The van der Waals surface area contributed by atoms with Gasteiger partial charge in [0.15, 0.2) is 14.6 Å². The maximum atomic E-state index is 11.8. The number of aromatic amines is 1. The van der Waals surface area contributed by atoms with Gasteiger partial charge in [-0.1, -0.05) is 12.1 Å². The number of sulfone groups is 1. The third kappa shape index (κ3) is 3.61. The fourth-order valence-electron chi connectivity index (χ4n) is 2.11. The molecule has 1 aromatic heterocycles. The highest BCUT2D eigenvalue weighted by Gasteiger charge is 2.15. The summed E-state index contributed by atoms with van der Waals surface area (Å²) in [7, 11) is -3.30. The summed E-state index contributed by atoms with van der Waals surface area (Å²) in [6.45, 7) is 5.34. The molecule has 0 spiro atoms. The van der Waals surface area contributed by atoms with Crippen molar-refractivity contribution in [1.82, 2.24) is 9.55 Å². The summed E-state index contributed by atoms with van der Waals surface area (Å²) in [5, 5.41) is 0. The molecule has 5 nitrogen and oxygen atoms in total. The fraction of sp³-hybridized carbons (Fsp3) is 0.357. The molecule has 0 atom stereocenters. The predicted molar refractivity (Wildman–Crippen MR) is 85.9 cm³/mol. The zero-order valence-electron chi connectivity index (χ0n) is 11.8. The summed E-state index contributed by atoms with van der Waals surface area (Å²) in [6, 6.07) is 5.14. The zero-order valence-corrected chi connectivity index (χ0v) is 13.5. The van der Waals surface area contributed by atoms with Crippen LogP contribution in [-0.4, -0.2) is 37.4 Å². The Kier molecular flexibility index (Phi) is 4.97. The fourth-order valence-corrected chi connectivity index (χ4v) is 3.25. The molecule has 2 aromatic rings. The largest absolute Gasteiger partial charge is 0.379 e. The molecule has 7 heteroatoms. The highest BCUT2D eigenvalue weighted by atomic mass is 32.2. The summed E-state index contributed by atoms with van der Waals surface area (Å²) >= 11 is 5.28. The number of ether oxygens (including phenoxy) is 1. The SMILES string of the molecule is C=CCCOCCn1c(=S)[nH]c2c(S(C)(=O)=O)cccc21. The first kappa shape index (κ1) is 15.9. The Hall–Kier alpha value is -1.44. The third-order valence-electron chi connectivity index (χ3n) is 3.10. The van der Waals surface area contributed by atoms with E-state index >= 15 is 0 Å². The molecule has 0 saturated heterocycles. The lowest BCUT2D eigenvalue weighted by Gasteiger charge is -2.06. The number of nitrogens with zero attached hydrogens (tertiary/aromatic N) is 1. The standard InChI is InChI=1S/C14H18N2O3S2/c1-3-4-9-19-10-8-16-11-6-5-7-12(21(2,17)18)13(11)15-14(16)20/h3,5-7H,1,4,8-10H2,2H3,(H,15,20). The Balaban J connectivity index is 2.31. The van der Waals surface area contributed by atoms with Crippen LogP contribution in [0.5, 0.6) is 0 Å². The van der Waals surface area contributed by atoms with Crippen LogP contribution in [0, 0.1) is 4.77 Å². The number of benzene rings is 1. The summed E-state index contributed by atoms with van der Waals surface area (Å²) in [5.74, 6) is 0. The second-order valence-electron chi connectivity index (χ2n) is 4.69. The molecule has 1 heterocycles. The molecule has 0 aliphatic carbocycles. The Labute approximate surface area is 129 Å². The summed E-state index contributed by atoms with van der Waals surface area (Å²) in [5.41, 5.74) is 1.33. The molecule has 1 N–H and O–H groups in total. The average molecular weight is 326 g/mol. The van der Waals surface area contributed by atoms with Gasteiger partial charge >= 0.3 is 0 Å². The predicted octanol–water partition coefficient (Wildman–Crippen LogP) is 2.70. The second-order valence-corrected chi connectivity index (χ2v) is 7.06. The molecule has 21 heavy (non-hydrogen) atoms. The van der Waals surface area contributed by atoms with E-state index in [4.69, 9.17) is 17.0 Å². The normalized spacial score (nSPS) is 11.9. The second kappa shape index (κ2) is 6.55. The van der Waals surface area contributed by atoms with Gasteiger partial charge in [0.05, 0.1) is 29.1 Å². The lowest BCUT2D eigenvalue weighted by Crippen LogP contribution is -2.06. The topological polar surface area (TPSA) is 64.1 Å². The van der Waals surface area contributed by atoms with Gasteiger partial charge in [-0.3, -0.25) is 0 Å². The molecule has 0 amide bonds. The van der Waals surface area contributed by atoms with Gasteiger partial charge in [0.2, 0.25) is 0 Å². The van der Waals surface area contributed by atoms with E-state index in [2.05, 4.69) is 11.6 Å². The van der Waals surface area contributed by atoms with Gasteiger partial charge in [-0.15, -0.1) is 6.58 Å². The summed E-state index contributed by atoms with van der Waals surface area (Å²) in [4.78, 5) is 3.24. The van der Waals surface area contributed by atoms with E-state index in [0.717, 1.165) is 11.9 Å². The van der Waals surface area contributed by atoms with Crippen LogP contribution in [0.1, 0.15) is 6.42 Å². The molecule has 1 aromatic carbocycles. The molecule has 0 aliphatic heterocycles. The Morgan fingerprint density at radius 1 is 1.43 bits per heavy atom. The molecule has 0 fully saturated rings. The first-order valence-corrected chi connectivity index (χ1v) is 8.85. The smallest absolute Gasteiger partial charge is 0.178 e. The van der Waals surface area contributed by atoms with Crippen LogP contribution < -0.4 is 0 Å². The number of hydrogen-bond acceptors (Lipinski definition) is 4. The van der Waals surface area contributed by atoms with Crippen LogP contribution in [0.4, 0.5) is 0 Å². The van der Waals surface area contributed by atoms with E-state index in [1.165, 1.54) is 6.26 Å². The zero-order chi connectivity index (χ0) is 15.5. The molecule has 0 radical (unpaired) electrons. The lowest BCUT2D eigenvalue weighted by atomic mass is 10.3. The Morgan fingerprint density at radius 2 is 2.19 bits per heavy atom. The lowest BCUT2D eigenvalue weighted by molar-refractivity contribution is 0.131. The van der Waals surface area contributed by atoms with Crippen molar-refractivity contribution in [3.8, 4) is 0 Å². The Morgan fingerprint density at radius 3 is 2.86 bits per heavy atom. The molecule has 0 unspecified atom stereocenters. The van der Waals surface area contributed by atoms with E-state index in [9.17, 15) is 8.42 Å². The molecular weight excluding hydrogens is 308 g/mol. The number of nitrogens with one attached hydrogen (secondary N) is 1. The van der Waals surface area contributed by atoms with Crippen LogP contribution in [-0.2, 0) is 21.1 Å². The number of aromatic nitrogens is 2. The quantitative estimate of drug-likeness (QED) is 0.483. The van der Waals surface area contributed by atoms with E-state index in [-0.39, 0.29) is 4.90 Å². The van der Waals surface area contributed by atoms with Gasteiger partial charge in [0.1, 0.15) is 0 Å². The minimum absolute atomic E-state index is 0.262. The molecule has 0 saturated carbocycles. The molecule has 0 aliphatic rings. The van der Waals surface area contributed by atoms with Crippen LogP contribution >= 0.6 is 12.2 Å². The molecule has 114 valence electrons. The average Bonchev–Trinajstić information content (AvgIpc) is 2.73. The minimum Gasteiger partial charge on any atom is -0.379 e. The van der Waals surface area contributed by atoms with Crippen molar-refractivity contribution in [3.05, 3.63) is 35.6 Å². The monoisotopic (exact) mass is 326 g/mol. The molecule has 2 rings (SSSR count). The first-order valence-electron chi connectivity index (χ1n) is 6.55. The third-order valence-corrected chi connectivity index (χ3v) is 4.56. The Bertz CT molecular complexity index is 803. The van der Waals surface area contributed by atoms with E-state index in [1.807, 2.05) is 10.6 Å². The number of hydrogen-bond donors (Lipinski definition) is 1. The van der Waals surface area contributed by atoms with Gasteiger partial charge in [-0.2, -0.15) is 0 Å². The van der Waals surface area contributed by atoms with Crippen molar-refractivity contribution in [1.29, 1.82) is 0 Å². The van der Waals surface area contributed by atoms with Crippen LogP contribution in [0.15, 0.2) is 35.7 Å².